The molecular formula is C18H25N3O6S. The molecular weight excluding hydrogens is 386 g/mol. The van der Waals surface area contributed by atoms with Gasteiger partial charge < -0.3 is 10.4 Å². The maximum atomic E-state index is 13.0. The van der Waals surface area contributed by atoms with Gasteiger partial charge in [-0.25, -0.2) is 8.42 Å². The van der Waals surface area contributed by atoms with E-state index in [1.165, 1.54) is 28.6 Å². The zero-order valence-corrected chi connectivity index (χ0v) is 16.3. The highest BCUT2D eigenvalue weighted by Gasteiger charge is 2.37. The topological polar surface area (TPSA) is 130 Å². The number of piperidine rings is 1. The Kier molecular flexibility index (Phi) is 6.31. The average molecular weight is 411 g/mol. The Bertz CT molecular complexity index is 835. The average Bonchev–Trinajstić information content (AvgIpc) is 2.69. The highest BCUT2D eigenvalue weighted by atomic mass is 32.2. The van der Waals surface area contributed by atoms with Crippen LogP contribution >= 0.6 is 0 Å². The van der Waals surface area contributed by atoms with Crippen molar-refractivity contribution in [3.05, 3.63) is 34.4 Å². The van der Waals surface area contributed by atoms with Gasteiger partial charge in [0.15, 0.2) is 4.90 Å². The summed E-state index contributed by atoms with van der Waals surface area (Å²) in [6.45, 7) is 0.239. The van der Waals surface area contributed by atoms with Gasteiger partial charge >= 0.3 is 0 Å². The van der Waals surface area contributed by atoms with E-state index in [1.807, 2.05) is 0 Å². The smallest absolute Gasteiger partial charge is 0.289 e. The second-order valence-corrected chi connectivity index (χ2v) is 9.35. The Morgan fingerprint density at radius 3 is 2.54 bits per heavy atom. The standard InChI is InChI=1S/C18H25N3O6S/c22-15-9-7-14(8-10-15)19-18(23)13-4-3-11-20(12-13)28(26,27)17-6-2-1-5-16(17)21(24)25/h1-2,5-6,13-15,22H,3-4,7-12H2,(H,19,23)/t13-,14-,15-/m0/s1. The number of hydrogen-bond acceptors (Lipinski definition) is 6. The number of carbonyl (C=O) groups is 1. The van der Waals surface area contributed by atoms with Crippen molar-refractivity contribution >= 4 is 21.6 Å². The van der Waals surface area contributed by atoms with Crippen molar-refractivity contribution in [2.75, 3.05) is 13.1 Å². The van der Waals surface area contributed by atoms with Crippen LogP contribution in [0.2, 0.25) is 0 Å². The molecule has 1 aliphatic carbocycles. The van der Waals surface area contributed by atoms with Crippen LogP contribution in [0.4, 0.5) is 5.69 Å². The molecule has 1 aromatic carbocycles. The lowest BCUT2D eigenvalue weighted by Gasteiger charge is -2.33. The molecule has 0 spiro atoms. The quantitative estimate of drug-likeness (QED) is 0.557. The van der Waals surface area contributed by atoms with Crippen LogP contribution in [0.25, 0.3) is 0 Å². The number of nitrogens with zero attached hydrogens (tertiary/aromatic N) is 2. The molecule has 28 heavy (non-hydrogen) atoms. The lowest BCUT2D eigenvalue weighted by Crippen LogP contribution is -2.48. The third kappa shape index (κ3) is 4.50. The van der Waals surface area contributed by atoms with Crippen LogP contribution in [-0.4, -0.2) is 53.9 Å². The van der Waals surface area contributed by atoms with Crippen molar-refractivity contribution in [1.82, 2.24) is 9.62 Å². The number of aliphatic hydroxyl groups is 1. The number of hydrogen-bond donors (Lipinski definition) is 2. The van der Waals surface area contributed by atoms with E-state index < -0.39 is 26.6 Å². The Morgan fingerprint density at radius 1 is 1.18 bits per heavy atom. The van der Waals surface area contributed by atoms with Gasteiger partial charge in [0.05, 0.1) is 16.9 Å². The number of carbonyl (C=O) groups excluding carboxylic acids is 1. The predicted octanol–water partition coefficient (Wildman–Crippen LogP) is 1.42. The zero-order chi connectivity index (χ0) is 20.3. The third-order valence-electron chi connectivity index (χ3n) is 5.48. The predicted molar refractivity (Wildman–Crippen MR) is 101 cm³/mol. The summed E-state index contributed by atoms with van der Waals surface area (Å²) in [7, 11) is -4.07. The molecule has 0 aromatic heterocycles. The van der Waals surface area contributed by atoms with Crippen LogP contribution in [0.3, 0.4) is 0 Å². The molecule has 0 radical (unpaired) electrons. The van der Waals surface area contributed by atoms with E-state index in [0.29, 0.717) is 38.5 Å². The molecule has 154 valence electrons. The summed E-state index contributed by atoms with van der Waals surface area (Å²) < 4.78 is 27.1. The van der Waals surface area contributed by atoms with E-state index in [2.05, 4.69) is 5.32 Å². The molecule has 2 N–H and O–H groups in total. The van der Waals surface area contributed by atoms with Gasteiger partial charge in [0.1, 0.15) is 0 Å². The number of nitro groups is 1. The third-order valence-corrected chi connectivity index (χ3v) is 7.39. The fourth-order valence-corrected chi connectivity index (χ4v) is 5.56. The molecule has 10 heteroatoms. The van der Waals surface area contributed by atoms with Crippen molar-refractivity contribution in [2.45, 2.75) is 55.6 Å². The summed E-state index contributed by atoms with van der Waals surface area (Å²) in [5.74, 6) is -0.679. The summed E-state index contributed by atoms with van der Waals surface area (Å²) in [5.41, 5.74) is -0.463. The second-order valence-electron chi connectivity index (χ2n) is 7.44. The molecule has 2 aliphatic rings. The first-order chi connectivity index (χ1) is 13.3. The molecule has 1 saturated heterocycles. The minimum Gasteiger partial charge on any atom is -0.393 e. The summed E-state index contributed by atoms with van der Waals surface area (Å²) in [4.78, 5) is 22.8. The minimum atomic E-state index is -4.07. The number of rotatable bonds is 5. The van der Waals surface area contributed by atoms with E-state index in [1.54, 1.807) is 0 Å². The normalized spacial score (nSPS) is 26.5. The second kappa shape index (κ2) is 8.54. The Balaban J connectivity index is 1.70. The lowest BCUT2D eigenvalue weighted by molar-refractivity contribution is -0.387. The van der Waals surface area contributed by atoms with E-state index in [4.69, 9.17) is 0 Å². The van der Waals surface area contributed by atoms with E-state index in [9.17, 15) is 28.4 Å². The van der Waals surface area contributed by atoms with Crippen LogP contribution in [-0.2, 0) is 14.8 Å². The zero-order valence-electron chi connectivity index (χ0n) is 15.5. The fraction of sp³-hybridized carbons (Fsp3) is 0.611. The van der Waals surface area contributed by atoms with E-state index >= 15 is 0 Å². The van der Waals surface area contributed by atoms with Crippen molar-refractivity contribution < 1.29 is 23.2 Å². The van der Waals surface area contributed by atoms with Gasteiger partial charge in [0.2, 0.25) is 15.9 Å². The number of aliphatic hydroxyl groups excluding tert-OH is 1. The molecule has 1 amide bonds. The van der Waals surface area contributed by atoms with Crippen molar-refractivity contribution in [3.8, 4) is 0 Å². The number of nitro benzene ring substituents is 1. The van der Waals surface area contributed by atoms with Gasteiger partial charge in [-0.3, -0.25) is 14.9 Å². The first-order valence-corrected chi connectivity index (χ1v) is 10.9. The number of sulfonamides is 1. The van der Waals surface area contributed by atoms with Crippen molar-refractivity contribution in [3.63, 3.8) is 0 Å². The van der Waals surface area contributed by atoms with Crippen molar-refractivity contribution in [2.24, 2.45) is 5.92 Å². The van der Waals surface area contributed by atoms with Gasteiger partial charge in [-0.2, -0.15) is 4.31 Å². The number of amides is 1. The first kappa shape index (κ1) is 20.7. The van der Waals surface area contributed by atoms with Crippen LogP contribution < -0.4 is 5.32 Å². The van der Waals surface area contributed by atoms with E-state index in [0.717, 1.165) is 0 Å². The van der Waals surface area contributed by atoms with Gasteiger partial charge in [-0.05, 0) is 44.6 Å². The molecule has 0 unspecified atom stereocenters. The first-order valence-electron chi connectivity index (χ1n) is 9.51. The highest BCUT2D eigenvalue weighted by molar-refractivity contribution is 7.89. The van der Waals surface area contributed by atoms with Crippen LogP contribution in [0.15, 0.2) is 29.2 Å². The Morgan fingerprint density at radius 2 is 1.86 bits per heavy atom. The molecule has 0 bridgehead atoms. The Hall–Kier alpha value is -2.04. The minimum absolute atomic E-state index is 0.00176. The summed E-state index contributed by atoms with van der Waals surface area (Å²) in [6.07, 6.45) is 3.48. The number of nitrogens with one attached hydrogen (secondary N) is 1. The molecule has 1 atom stereocenters. The molecule has 1 aliphatic heterocycles. The summed E-state index contributed by atoms with van der Waals surface area (Å²) in [5, 5.41) is 23.7. The summed E-state index contributed by atoms with van der Waals surface area (Å²) >= 11 is 0. The highest BCUT2D eigenvalue weighted by Crippen LogP contribution is 2.30. The fourth-order valence-electron chi connectivity index (χ4n) is 3.88. The van der Waals surface area contributed by atoms with Crippen LogP contribution in [0.1, 0.15) is 38.5 Å². The number of benzene rings is 1. The Labute approximate surface area is 163 Å². The van der Waals surface area contributed by atoms with Crippen molar-refractivity contribution in [1.29, 1.82) is 0 Å². The number of para-hydroxylation sites is 1. The monoisotopic (exact) mass is 411 g/mol. The summed E-state index contributed by atoms with van der Waals surface area (Å²) in [6, 6.07) is 5.26. The van der Waals surface area contributed by atoms with Gasteiger partial charge in [0.25, 0.3) is 5.69 Å². The molecule has 2 fully saturated rings. The van der Waals surface area contributed by atoms with Crippen LogP contribution in [0, 0.1) is 16.0 Å². The molecule has 1 saturated carbocycles. The lowest BCUT2D eigenvalue weighted by atomic mass is 9.92. The van der Waals surface area contributed by atoms with Gasteiger partial charge in [-0.15, -0.1) is 0 Å². The van der Waals surface area contributed by atoms with E-state index in [-0.39, 0.29) is 36.0 Å². The molecule has 3 rings (SSSR count). The van der Waals surface area contributed by atoms with Gasteiger partial charge in [0, 0.05) is 25.2 Å². The SMILES string of the molecule is O=C(N[C@H]1CC[C@H](O)CC1)[C@H]1CCCN(S(=O)(=O)c2ccccc2[N+](=O)[O-])C1. The van der Waals surface area contributed by atoms with Crippen LogP contribution in [0.5, 0.6) is 0 Å². The molecule has 9 nitrogen and oxygen atoms in total. The maximum absolute atomic E-state index is 13.0. The largest absolute Gasteiger partial charge is 0.393 e. The molecule has 1 aromatic rings. The van der Waals surface area contributed by atoms with Gasteiger partial charge in [-0.1, -0.05) is 12.1 Å². The maximum Gasteiger partial charge on any atom is 0.289 e. The molecule has 1 heterocycles.